The molecule has 0 aliphatic carbocycles. The lowest BCUT2D eigenvalue weighted by Gasteiger charge is -2.34. The number of fused-ring (bicyclic) bond motifs is 1. The number of nitrogens with zero attached hydrogens (tertiary/aromatic N) is 1. The van der Waals surface area contributed by atoms with Crippen molar-refractivity contribution in [1.29, 1.82) is 0 Å². The van der Waals surface area contributed by atoms with E-state index in [4.69, 9.17) is 5.73 Å². The molecule has 0 radical (unpaired) electrons. The molecule has 102 valence electrons. The van der Waals surface area contributed by atoms with E-state index in [1.807, 2.05) is 12.3 Å². The van der Waals surface area contributed by atoms with Crippen LogP contribution in [0.5, 0.6) is 0 Å². The van der Waals surface area contributed by atoms with Gasteiger partial charge in [0.25, 0.3) is 0 Å². The average molecular weight is 257 g/mol. The van der Waals surface area contributed by atoms with E-state index in [2.05, 4.69) is 55.3 Å². The Labute approximate surface area is 115 Å². The molecule has 0 amide bonds. The predicted octanol–water partition coefficient (Wildman–Crippen LogP) is 2.70. The van der Waals surface area contributed by atoms with Gasteiger partial charge in [0, 0.05) is 30.2 Å². The van der Waals surface area contributed by atoms with Gasteiger partial charge >= 0.3 is 0 Å². The minimum absolute atomic E-state index is 0.0447. The summed E-state index contributed by atoms with van der Waals surface area (Å²) < 4.78 is 0. The second-order valence-electron chi connectivity index (χ2n) is 5.62. The van der Waals surface area contributed by atoms with E-state index >= 15 is 0 Å². The first-order valence-electron chi connectivity index (χ1n) is 6.84. The summed E-state index contributed by atoms with van der Waals surface area (Å²) in [4.78, 5) is 4.48. The molecule has 1 atom stereocenters. The van der Waals surface area contributed by atoms with E-state index < -0.39 is 0 Å². The summed E-state index contributed by atoms with van der Waals surface area (Å²) in [7, 11) is 0. The van der Waals surface area contributed by atoms with Crippen LogP contribution in [-0.2, 0) is 6.54 Å². The van der Waals surface area contributed by atoms with Crippen molar-refractivity contribution in [2.24, 2.45) is 11.7 Å². The van der Waals surface area contributed by atoms with Crippen LogP contribution in [0.15, 0.2) is 36.5 Å². The third kappa shape index (κ3) is 2.94. The van der Waals surface area contributed by atoms with Crippen molar-refractivity contribution < 1.29 is 0 Å². The number of nitrogens with two attached hydrogens (primary N) is 1. The first kappa shape index (κ1) is 14.0. The van der Waals surface area contributed by atoms with E-state index in [0.717, 1.165) is 12.1 Å². The van der Waals surface area contributed by atoms with Gasteiger partial charge in [-0.05, 0) is 24.5 Å². The molecule has 2 rings (SSSR count). The van der Waals surface area contributed by atoms with E-state index in [0.29, 0.717) is 12.5 Å². The Morgan fingerprint density at radius 3 is 2.68 bits per heavy atom. The smallest absolute Gasteiger partial charge is 0.0746 e. The fourth-order valence-electron chi connectivity index (χ4n) is 2.12. The maximum absolute atomic E-state index is 5.91. The lowest BCUT2D eigenvalue weighted by Crippen LogP contribution is -2.52. The topological polar surface area (TPSA) is 50.9 Å². The molecule has 0 aliphatic heterocycles. The molecule has 3 nitrogen and oxygen atoms in total. The molecule has 2 aromatic rings. The van der Waals surface area contributed by atoms with Crippen molar-refractivity contribution in [2.75, 3.05) is 6.54 Å². The molecular formula is C16H23N3. The van der Waals surface area contributed by atoms with Gasteiger partial charge in [0.2, 0.25) is 0 Å². The molecule has 3 heteroatoms. The molecule has 1 aromatic heterocycles. The van der Waals surface area contributed by atoms with Gasteiger partial charge in [0.05, 0.1) is 5.52 Å². The minimum Gasteiger partial charge on any atom is -0.329 e. The highest BCUT2D eigenvalue weighted by atomic mass is 15.0. The van der Waals surface area contributed by atoms with E-state index in [1.54, 1.807) is 0 Å². The summed E-state index contributed by atoms with van der Waals surface area (Å²) in [5.41, 5.74) is 8.15. The van der Waals surface area contributed by atoms with Gasteiger partial charge in [-0.2, -0.15) is 0 Å². The van der Waals surface area contributed by atoms with Crippen molar-refractivity contribution in [3.05, 3.63) is 42.1 Å². The maximum Gasteiger partial charge on any atom is 0.0746 e. The quantitative estimate of drug-likeness (QED) is 0.866. The van der Waals surface area contributed by atoms with Crippen LogP contribution in [0.25, 0.3) is 10.9 Å². The molecule has 0 saturated carbocycles. The fraction of sp³-hybridized carbons (Fsp3) is 0.438. The number of para-hydroxylation sites is 1. The third-order valence-corrected chi connectivity index (χ3v) is 4.10. The van der Waals surface area contributed by atoms with E-state index in [9.17, 15) is 0 Å². The summed E-state index contributed by atoms with van der Waals surface area (Å²) >= 11 is 0. The highest BCUT2D eigenvalue weighted by molar-refractivity contribution is 5.81. The van der Waals surface area contributed by atoms with Crippen LogP contribution in [0.1, 0.15) is 26.3 Å². The number of nitrogens with one attached hydrogen (secondary N) is 1. The van der Waals surface area contributed by atoms with Crippen LogP contribution in [0.4, 0.5) is 0 Å². The maximum atomic E-state index is 5.91. The molecule has 0 fully saturated rings. The van der Waals surface area contributed by atoms with E-state index in [1.165, 1.54) is 10.9 Å². The number of aromatic nitrogens is 1. The van der Waals surface area contributed by atoms with Crippen molar-refractivity contribution in [3.63, 3.8) is 0 Å². The number of hydrogen-bond donors (Lipinski definition) is 2. The lowest BCUT2D eigenvalue weighted by atomic mass is 9.88. The third-order valence-electron chi connectivity index (χ3n) is 4.10. The largest absolute Gasteiger partial charge is 0.329 e. The zero-order valence-electron chi connectivity index (χ0n) is 12.0. The van der Waals surface area contributed by atoms with Crippen LogP contribution in [0.3, 0.4) is 0 Å². The van der Waals surface area contributed by atoms with Crippen molar-refractivity contribution in [3.8, 4) is 0 Å². The Morgan fingerprint density at radius 2 is 2.00 bits per heavy atom. The summed E-state index contributed by atoms with van der Waals surface area (Å²) in [5, 5.41) is 4.77. The second kappa shape index (κ2) is 5.68. The van der Waals surface area contributed by atoms with Gasteiger partial charge in [0.15, 0.2) is 0 Å². The van der Waals surface area contributed by atoms with Gasteiger partial charge in [-0.15, -0.1) is 0 Å². The number of benzene rings is 1. The highest BCUT2D eigenvalue weighted by Gasteiger charge is 2.25. The zero-order valence-corrected chi connectivity index (χ0v) is 12.0. The summed E-state index contributed by atoms with van der Waals surface area (Å²) in [5.74, 6) is 0.487. The molecule has 0 bridgehead atoms. The van der Waals surface area contributed by atoms with Crippen molar-refractivity contribution in [2.45, 2.75) is 32.9 Å². The van der Waals surface area contributed by atoms with E-state index in [-0.39, 0.29) is 5.54 Å². The Hall–Kier alpha value is -1.45. The van der Waals surface area contributed by atoms with Gasteiger partial charge in [0.1, 0.15) is 0 Å². The Morgan fingerprint density at radius 1 is 1.26 bits per heavy atom. The van der Waals surface area contributed by atoms with Gasteiger partial charge in [-0.3, -0.25) is 4.98 Å². The van der Waals surface area contributed by atoms with Gasteiger partial charge < -0.3 is 11.1 Å². The summed E-state index contributed by atoms with van der Waals surface area (Å²) in [6.07, 6.45) is 1.84. The highest BCUT2D eigenvalue weighted by Crippen LogP contribution is 2.19. The molecule has 3 N–H and O–H groups in total. The molecule has 0 spiro atoms. The molecule has 1 aromatic carbocycles. The predicted molar refractivity (Wildman–Crippen MR) is 80.9 cm³/mol. The second-order valence-corrected chi connectivity index (χ2v) is 5.62. The molecule has 19 heavy (non-hydrogen) atoms. The summed E-state index contributed by atoms with van der Waals surface area (Å²) in [6.45, 7) is 7.99. The van der Waals surface area contributed by atoms with Crippen LogP contribution in [-0.4, -0.2) is 17.1 Å². The molecule has 0 aliphatic rings. The SMILES string of the molecule is CC(C)C(C)(CN)NCc1cccc2cccnc12. The fourth-order valence-corrected chi connectivity index (χ4v) is 2.12. The molecule has 1 unspecified atom stereocenters. The molecule has 0 saturated heterocycles. The van der Waals surface area contributed by atoms with Crippen molar-refractivity contribution >= 4 is 10.9 Å². The number of rotatable bonds is 5. The number of pyridine rings is 1. The van der Waals surface area contributed by atoms with Gasteiger partial charge in [-0.25, -0.2) is 0 Å². The van der Waals surface area contributed by atoms with Crippen molar-refractivity contribution in [1.82, 2.24) is 10.3 Å². The Bertz CT molecular complexity index is 545. The minimum atomic E-state index is -0.0447. The van der Waals surface area contributed by atoms with Crippen LogP contribution in [0.2, 0.25) is 0 Å². The molecule has 1 heterocycles. The van der Waals surface area contributed by atoms with Crippen LogP contribution >= 0.6 is 0 Å². The van der Waals surface area contributed by atoms with Gasteiger partial charge in [-0.1, -0.05) is 38.1 Å². The zero-order chi connectivity index (χ0) is 13.9. The average Bonchev–Trinajstić information content (AvgIpc) is 2.44. The summed E-state index contributed by atoms with van der Waals surface area (Å²) in [6, 6.07) is 10.4. The van der Waals surface area contributed by atoms with Crippen LogP contribution < -0.4 is 11.1 Å². The standard InChI is InChI=1S/C16H23N3/c1-12(2)16(3,11-17)19-10-14-7-4-6-13-8-5-9-18-15(13)14/h4-9,12,19H,10-11,17H2,1-3H3. The lowest BCUT2D eigenvalue weighted by molar-refractivity contribution is 0.267. The first-order valence-corrected chi connectivity index (χ1v) is 6.84. The number of hydrogen-bond acceptors (Lipinski definition) is 3. The normalized spacial score (nSPS) is 14.8. The Balaban J connectivity index is 2.23. The monoisotopic (exact) mass is 257 g/mol. The first-order chi connectivity index (χ1) is 9.07. The van der Waals surface area contributed by atoms with Crippen LogP contribution in [0, 0.1) is 5.92 Å². The molecular weight excluding hydrogens is 234 g/mol. The Kier molecular flexibility index (Phi) is 4.17.